The molecule has 1 aliphatic heterocycles. The third-order valence-electron chi connectivity index (χ3n) is 8.57. The molecule has 0 saturated carbocycles. The zero-order valence-electron chi connectivity index (χ0n) is 29.3. The summed E-state index contributed by atoms with van der Waals surface area (Å²) < 4.78 is 5.29. The number of alkyl carbamates (subject to hydrolysis) is 1. The molecule has 49 heavy (non-hydrogen) atoms. The van der Waals surface area contributed by atoms with Gasteiger partial charge < -0.3 is 25.8 Å². The molecule has 1 saturated heterocycles. The van der Waals surface area contributed by atoms with Crippen LogP contribution < -0.4 is 16.0 Å². The Kier molecular flexibility index (Phi) is 14.1. The average molecular weight is 693 g/mol. The van der Waals surface area contributed by atoms with Crippen LogP contribution in [0.3, 0.4) is 0 Å². The first-order valence-corrected chi connectivity index (χ1v) is 17.9. The molecule has 0 radical (unpaired) electrons. The standard InChI is InChI=1S/C37H52N6O5S/c1-26(2)30(20-39-36(47)48-24-29-19-38-25-49-29)34(45)40-31(18-27-12-8-6-9-13-27)33(44)23-43-17-16-42(21-28-14-10-7-11-15-28)22-32(43)35(46)41-37(3,4)5/h6-15,19,25-26,30-33,44H,16-18,20-24H2,1-5H3,(H,39,47)(H,40,45)(H,41,46)/t30-,31+,32+,33-/m0/s1. The molecule has 0 aliphatic carbocycles. The van der Waals surface area contributed by atoms with E-state index in [4.69, 9.17) is 4.74 Å². The number of carbonyl (C=O) groups excluding carboxylic acids is 3. The number of ether oxygens (including phenoxy) is 1. The third kappa shape index (κ3) is 12.5. The SMILES string of the molecule is CC(C)[C@H](CNC(=O)OCc1cncs1)C(=O)N[C@H](Cc1ccccc1)[C@@H](O)CN1CCN(Cc2ccccc2)C[C@@H]1C(=O)NC(C)(C)C. The van der Waals surface area contributed by atoms with Crippen molar-refractivity contribution >= 4 is 29.2 Å². The fourth-order valence-electron chi connectivity index (χ4n) is 5.92. The lowest BCUT2D eigenvalue weighted by Crippen LogP contribution is -2.63. The molecule has 266 valence electrons. The van der Waals surface area contributed by atoms with E-state index in [2.05, 4.69) is 38.0 Å². The first-order chi connectivity index (χ1) is 23.4. The molecule has 0 spiro atoms. The fraction of sp³-hybridized carbons (Fsp3) is 0.514. The van der Waals surface area contributed by atoms with Crippen LogP contribution in [-0.2, 0) is 33.9 Å². The number of piperazine rings is 1. The third-order valence-corrected chi connectivity index (χ3v) is 9.33. The second-order valence-electron chi connectivity index (χ2n) is 14.1. The molecule has 0 unspecified atom stereocenters. The molecule has 4 rings (SSSR count). The second kappa shape index (κ2) is 18.2. The summed E-state index contributed by atoms with van der Waals surface area (Å²) in [7, 11) is 0. The topological polar surface area (TPSA) is 136 Å². The molecule has 1 fully saturated rings. The number of aromatic nitrogens is 1. The number of amides is 3. The van der Waals surface area contributed by atoms with Crippen molar-refractivity contribution in [2.45, 2.75) is 77.9 Å². The highest BCUT2D eigenvalue weighted by atomic mass is 32.1. The number of thiazole rings is 1. The van der Waals surface area contributed by atoms with Crippen molar-refractivity contribution in [2.75, 3.05) is 32.7 Å². The zero-order valence-corrected chi connectivity index (χ0v) is 30.1. The largest absolute Gasteiger partial charge is 0.444 e. The Hall–Kier alpha value is -3.84. The van der Waals surface area contributed by atoms with E-state index < -0.39 is 35.7 Å². The van der Waals surface area contributed by atoms with E-state index in [1.165, 1.54) is 16.9 Å². The van der Waals surface area contributed by atoms with E-state index in [9.17, 15) is 19.5 Å². The van der Waals surface area contributed by atoms with Gasteiger partial charge in [-0.05, 0) is 44.2 Å². The number of β-amino-alcohol motifs (C(OH)–C–C–N with tert-alkyl or cyclic N) is 1. The number of carbonyl (C=O) groups is 3. The first-order valence-electron chi connectivity index (χ1n) is 17.0. The summed E-state index contributed by atoms with van der Waals surface area (Å²) in [6.07, 6.45) is 0.457. The Bertz CT molecular complexity index is 1450. The van der Waals surface area contributed by atoms with Crippen molar-refractivity contribution < 1.29 is 24.2 Å². The van der Waals surface area contributed by atoms with Gasteiger partial charge in [-0.1, -0.05) is 74.5 Å². The minimum atomic E-state index is -0.972. The van der Waals surface area contributed by atoms with E-state index in [1.54, 1.807) is 11.7 Å². The summed E-state index contributed by atoms with van der Waals surface area (Å²) >= 11 is 1.39. The molecule has 3 amide bonds. The van der Waals surface area contributed by atoms with Crippen molar-refractivity contribution in [3.8, 4) is 0 Å². The van der Waals surface area contributed by atoms with Gasteiger partial charge in [0.25, 0.3) is 0 Å². The number of benzene rings is 2. The molecule has 4 atom stereocenters. The Labute approximate surface area is 294 Å². The van der Waals surface area contributed by atoms with E-state index in [1.807, 2.05) is 88.0 Å². The zero-order chi connectivity index (χ0) is 35.4. The summed E-state index contributed by atoms with van der Waals surface area (Å²) in [5.41, 5.74) is 3.40. The molecular formula is C37H52N6O5S. The normalized spacial score (nSPS) is 17.6. The highest BCUT2D eigenvalue weighted by Crippen LogP contribution is 2.19. The van der Waals surface area contributed by atoms with Gasteiger partial charge in [-0.15, -0.1) is 11.3 Å². The monoisotopic (exact) mass is 692 g/mol. The summed E-state index contributed by atoms with van der Waals surface area (Å²) in [5, 5.41) is 20.8. The van der Waals surface area contributed by atoms with Crippen LogP contribution in [0.25, 0.3) is 0 Å². The van der Waals surface area contributed by atoms with Gasteiger partial charge in [0, 0.05) is 51.0 Å². The van der Waals surface area contributed by atoms with Crippen molar-refractivity contribution in [2.24, 2.45) is 11.8 Å². The first kappa shape index (κ1) is 38.0. The molecule has 3 aromatic rings. The molecule has 1 aliphatic rings. The Morgan fingerprint density at radius 3 is 2.31 bits per heavy atom. The Morgan fingerprint density at radius 1 is 1.02 bits per heavy atom. The van der Waals surface area contributed by atoms with Gasteiger partial charge >= 0.3 is 6.09 Å². The number of aliphatic hydroxyl groups excluding tert-OH is 1. The van der Waals surface area contributed by atoms with Crippen LogP contribution in [0.2, 0.25) is 0 Å². The summed E-state index contributed by atoms with van der Waals surface area (Å²) in [5.74, 6) is -1.02. The smallest absolute Gasteiger partial charge is 0.407 e. The predicted molar refractivity (Wildman–Crippen MR) is 192 cm³/mol. The van der Waals surface area contributed by atoms with Gasteiger partial charge in [0.15, 0.2) is 0 Å². The van der Waals surface area contributed by atoms with Gasteiger partial charge in [-0.3, -0.25) is 24.4 Å². The molecule has 2 heterocycles. The molecule has 2 aromatic carbocycles. The fourth-order valence-corrected chi connectivity index (χ4v) is 6.42. The molecule has 12 heteroatoms. The summed E-state index contributed by atoms with van der Waals surface area (Å²) in [6.45, 7) is 12.7. The van der Waals surface area contributed by atoms with Crippen LogP contribution >= 0.6 is 11.3 Å². The molecule has 4 N–H and O–H groups in total. The van der Waals surface area contributed by atoms with Crippen LogP contribution in [0.1, 0.15) is 50.6 Å². The lowest BCUT2D eigenvalue weighted by Gasteiger charge is -2.43. The van der Waals surface area contributed by atoms with Crippen molar-refractivity contribution in [3.05, 3.63) is 88.4 Å². The van der Waals surface area contributed by atoms with E-state index in [-0.39, 0.29) is 37.4 Å². The predicted octanol–water partition coefficient (Wildman–Crippen LogP) is 3.83. The number of nitrogens with one attached hydrogen (secondary N) is 3. The number of hydrogen-bond donors (Lipinski definition) is 4. The van der Waals surface area contributed by atoms with Crippen LogP contribution in [0, 0.1) is 11.8 Å². The number of nitrogens with zero attached hydrogens (tertiary/aromatic N) is 3. The molecule has 1 aromatic heterocycles. The highest BCUT2D eigenvalue weighted by molar-refractivity contribution is 7.09. The van der Waals surface area contributed by atoms with E-state index in [0.717, 1.165) is 23.5 Å². The van der Waals surface area contributed by atoms with Crippen molar-refractivity contribution in [3.63, 3.8) is 0 Å². The van der Waals surface area contributed by atoms with Crippen LogP contribution in [-0.4, -0.2) is 94.2 Å². The highest BCUT2D eigenvalue weighted by Gasteiger charge is 2.37. The maximum absolute atomic E-state index is 13.8. The Morgan fingerprint density at radius 2 is 1.69 bits per heavy atom. The summed E-state index contributed by atoms with van der Waals surface area (Å²) in [4.78, 5) is 49.0. The number of hydrogen-bond acceptors (Lipinski definition) is 9. The lowest BCUT2D eigenvalue weighted by molar-refractivity contribution is -0.132. The van der Waals surface area contributed by atoms with Crippen LogP contribution in [0.5, 0.6) is 0 Å². The van der Waals surface area contributed by atoms with Crippen LogP contribution in [0.15, 0.2) is 72.4 Å². The Balaban J connectivity index is 1.45. The van der Waals surface area contributed by atoms with Gasteiger partial charge in [0.1, 0.15) is 12.6 Å². The molecule has 0 bridgehead atoms. The minimum Gasteiger partial charge on any atom is -0.444 e. The van der Waals surface area contributed by atoms with E-state index >= 15 is 0 Å². The molecule has 11 nitrogen and oxygen atoms in total. The number of rotatable bonds is 15. The van der Waals surface area contributed by atoms with Crippen LogP contribution in [0.4, 0.5) is 4.79 Å². The lowest BCUT2D eigenvalue weighted by atomic mass is 9.93. The van der Waals surface area contributed by atoms with Gasteiger partial charge in [0.2, 0.25) is 11.8 Å². The van der Waals surface area contributed by atoms with Crippen molar-refractivity contribution in [1.82, 2.24) is 30.7 Å². The number of aliphatic hydroxyl groups is 1. The maximum atomic E-state index is 13.8. The minimum absolute atomic E-state index is 0.0810. The van der Waals surface area contributed by atoms with Crippen molar-refractivity contribution in [1.29, 1.82) is 0 Å². The second-order valence-corrected chi connectivity index (χ2v) is 15.1. The average Bonchev–Trinajstić information content (AvgIpc) is 3.58. The van der Waals surface area contributed by atoms with Gasteiger partial charge in [-0.2, -0.15) is 0 Å². The maximum Gasteiger partial charge on any atom is 0.407 e. The van der Waals surface area contributed by atoms with E-state index in [0.29, 0.717) is 19.5 Å². The quantitative estimate of drug-likeness (QED) is 0.189. The van der Waals surface area contributed by atoms with Gasteiger partial charge in [0.05, 0.1) is 28.5 Å². The van der Waals surface area contributed by atoms with Gasteiger partial charge in [-0.25, -0.2) is 4.79 Å². The molecular weight excluding hydrogens is 641 g/mol. The summed E-state index contributed by atoms with van der Waals surface area (Å²) in [6, 6.07) is 18.8.